The van der Waals surface area contributed by atoms with Crippen LogP contribution in [0.5, 0.6) is 5.75 Å². The monoisotopic (exact) mass is 510 g/mol. The first-order valence-corrected chi connectivity index (χ1v) is 12.2. The number of hydroxylamine groups is 1. The lowest BCUT2D eigenvalue weighted by atomic mass is 10.1. The summed E-state index contributed by atoms with van der Waals surface area (Å²) in [5, 5.41) is 9.00. The molecule has 6 aromatic rings. The predicted octanol–water partition coefficient (Wildman–Crippen LogP) is 5.08. The molecule has 0 aliphatic rings. The Hall–Kier alpha value is -5.59. The fourth-order valence-corrected chi connectivity index (χ4v) is 4.29. The summed E-state index contributed by atoms with van der Waals surface area (Å²) in [6.07, 6.45) is 5.05. The Bertz CT molecular complexity index is 1810. The first-order valence-electron chi connectivity index (χ1n) is 12.2. The van der Waals surface area contributed by atoms with E-state index >= 15 is 0 Å². The van der Waals surface area contributed by atoms with Gasteiger partial charge in [-0.2, -0.15) is 10.7 Å². The number of hydrogen-bond acceptors (Lipinski definition) is 8. The van der Waals surface area contributed by atoms with Crippen LogP contribution in [0.15, 0.2) is 104 Å². The molecule has 9 heteroatoms. The molecule has 0 unspecified atom stereocenters. The van der Waals surface area contributed by atoms with Gasteiger partial charge in [0.1, 0.15) is 23.1 Å². The van der Waals surface area contributed by atoms with Gasteiger partial charge in [0.05, 0.1) is 12.1 Å². The van der Waals surface area contributed by atoms with Crippen LogP contribution in [-0.2, 0) is 6.54 Å². The van der Waals surface area contributed by atoms with Crippen LogP contribution in [0.1, 0.15) is 11.3 Å². The molecule has 0 amide bonds. The van der Waals surface area contributed by atoms with Gasteiger partial charge in [-0.25, -0.2) is 19.9 Å². The Morgan fingerprint density at radius 2 is 1.72 bits per heavy atom. The predicted molar refractivity (Wildman–Crippen MR) is 148 cm³/mol. The number of fused-ring (bicyclic) bond motifs is 1. The van der Waals surface area contributed by atoms with Crippen LogP contribution < -0.4 is 16.1 Å². The van der Waals surface area contributed by atoms with Crippen molar-refractivity contribution in [3.05, 3.63) is 115 Å². The zero-order valence-electron chi connectivity index (χ0n) is 20.7. The zero-order chi connectivity index (χ0) is 26.6. The fourth-order valence-electron chi connectivity index (χ4n) is 4.29. The van der Waals surface area contributed by atoms with Crippen molar-refractivity contribution in [2.75, 3.05) is 5.73 Å². The number of nitrogens with one attached hydrogen (secondary N) is 1. The van der Waals surface area contributed by atoms with Gasteiger partial charge >= 0.3 is 0 Å². The Labute approximate surface area is 224 Å². The third-order valence-corrected chi connectivity index (χ3v) is 6.19. The molecule has 0 fully saturated rings. The minimum absolute atomic E-state index is 0.292. The SMILES string of the molecule is N#Cc1cc(ONCc2ccc(-n3c(-c4cccnc4N)nc4cc(-c5ccccc5)cnc43)cc2)ccn1. The number of benzene rings is 2. The van der Waals surface area contributed by atoms with Crippen molar-refractivity contribution in [1.82, 2.24) is 30.0 Å². The van der Waals surface area contributed by atoms with Gasteiger partial charge in [-0.15, -0.1) is 0 Å². The van der Waals surface area contributed by atoms with Crippen LogP contribution in [0.2, 0.25) is 0 Å². The highest BCUT2D eigenvalue weighted by atomic mass is 16.6. The van der Waals surface area contributed by atoms with Crippen molar-refractivity contribution < 1.29 is 4.84 Å². The molecular formula is C30H22N8O. The smallest absolute Gasteiger partial charge is 0.164 e. The van der Waals surface area contributed by atoms with Crippen molar-refractivity contribution in [1.29, 1.82) is 5.26 Å². The summed E-state index contributed by atoms with van der Waals surface area (Å²) in [6.45, 7) is 0.455. The van der Waals surface area contributed by atoms with Crippen LogP contribution >= 0.6 is 0 Å². The number of hydrogen-bond donors (Lipinski definition) is 2. The van der Waals surface area contributed by atoms with Crippen LogP contribution in [-0.4, -0.2) is 24.5 Å². The number of aromatic nitrogens is 5. The summed E-state index contributed by atoms with van der Waals surface area (Å²) < 4.78 is 1.99. The molecule has 0 aliphatic heterocycles. The Morgan fingerprint density at radius 1 is 0.872 bits per heavy atom. The number of nitrogens with two attached hydrogens (primary N) is 1. The van der Waals surface area contributed by atoms with Crippen LogP contribution in [0, 0.1) is 11.3 Å². The summed E-state index contributed by atoms with van der Waals surface area (Å²) in [5.41, 5.74) is 15.6. The van der Waals surface area contributed by atoms with E-state index in [2.05, 4.69) is 15.4 Å². The van der Waals surface area contributed by atoms with E-state index < -0.39 is 0 Å². The lowest BCUT2D eigenvalue weighted by Gasteiger charge is -2.12. The van der Waals surface area contributed by atoms with Crippen molar-refractivity contribution >= 4 is 17.0 Å². The highest BCUT2D eigenvalue weighted by Crippen LogP contribution is 2.32. The van der Waals surface area contributed by atoms with Gasteiger partial charge in [-0.1, -0.05) is 42.5 Å². The summed E-state index contributed by atoms with van der Waals surface area (Å²) in [7, 11) is 0. The third-order valence-electron chi connectivity index (χ3n) is 6.19. The number of nitriles is 1. The molecule has 0 atom stereocenters. The molecule has 3 N–H and O–H groups in total. The number of pyridine rings is 3. The molecule has 9 nitrogen and oxygen atoms in total. The molecule has 188 valence electrons. The Kier molecular flexibility index (Phi) is 6.35. The van der Waals surface area contributed by atoms with E-state index in [4.69, 9.17) is 25.8 Å². The lowest BCUT2D eigenvalue weighted by Crippen LogP contribution is -2.17. The van der Waals surface area contributed by atoms with Gasteiger partial charge in [-0.3, -0.25) is 4.57 Å². The van der Waals surface area contributed by atoms with Gasteiger partial charge < -0.3 is 10.6 Å². The van der Waals surface area contributed by atoms with E-state index in [9.17, 15) is 0 Å². The lowest BCUT2D eigenvalue weighted by molar-refractivity contribution is 0.190. The summed E-state index contributed by atoms with van der Waals surface area (Å²) in [5.74, 6) is 1.57. The highest BCUT2D eigenvalue weighted by Gasteiger charge is 2.18. The van der Waals surface area contributed by atoms with E-state index in [-0.39, 0.29) is 0 Å². The number of nitrogen functional groups attached to an aromatic ring is 1. The van der Waals surface area contributed by atoms with Crippen molar-refractivity contribution in [2.24, 2.45) is 0 Å². The van der Waals surface area contributed by atoms with Crippen LogP contribution in [0.25, 0.3) is 39.4 Å². The minimum atomic E-state index is 0.292. The van der Waals surface area contributed by atoms with E-state index in [0.717, 1.165) is 33.5 Å². The summed E-state index contributed by atoms with van der Waals surface area (Å²) >= 11 is 0. The van der Waals surface area contributed by atoms with E-state index in [1.54, 1.807) is 18.3 Å². The normalized spacial score (nSPS) is 10.8. The zero-order valence-corrected chi connectivity index (χ0v) is 20.7. The summed E-state index contributed by atoms with van der Waals surface area (Å²) in [4.78, 5) is 23.5. The number of nitrogens with zero attached hydrogens (tertiary/aromatic N) is 6. The molecule has 0 saturated carbocycles. The van der Waals surface area contributed by atoms with Crippen LogP contribution in [0.3, 0.4) is 0 Å². The van der Waals surface area contributed by atoms with Crippen molar-refractivity contribution in [3.63, 3.8) is 0 Å². The second kappa shape index (κ2) is 10.4. The average Bonchev–Trinajstić information content (AvgIpc) is 3.37. The van der Waals surface area contributed by atoms with Gasteiger partial charge in [0.2, 0.25) is 0 Å². The molecule has 4 heterocycles. The second-order valence-electron chi connectivity index (χ2n) is 8.72. The number of anilines is 1. The molecule has 0 radical (unpaired) electrons. The molecule has 6 rings (SSSR count). The van der Waals surface area contributed by atoms with Crippen molar-refractivity contribution in [2.45, 2.75) is 6.54 Å². The molecule has 0 bridgehead atoms. The molecule has 39 heavy (non-hydrogen) atoms. The maximum Gasteiger partial charge on any atom is 0.164 e. The molecule has 0 aliphatic carbocycles. The maximum absolute atomic E-state index is 9.00. The summed E-state index contributed by atoms with van der Waals surface area (Å²) in [6, 6.07) is 29.1. The minimum Gasteiger partial charge on any atom is -0.408 e. The second-order valence-corrected chi connectivity index (χ2v) is 8.72. The van der Waals surface area contributed by atoms with Gasteiger partial charge in [0.15, 0.2) is 17.2 Å². The Balaban J connectivity index is 1.33. The van der Waals surface area contributed by atoms with E-state index in [1.807, 2.05) is 89.6 Å². The molecule has 2 aromatic carbocycles. The third kappa shape index (κ3) is 4.87. The standard InChI is InChI=1S/C30H22N8O/c31-17-23-16-25(12-14-33-23)39-36-18-20-8-10-24(11-9-20)38-29(26-7-4-13-34-28(26)32)37-27-15-22(19-35-30(27)38)21-5-2-1-3-6-21/h1-16,19,36H,18H2,(H2,32,34). The Morgan fingerprint density at radius 3 is 2.51 bits per heavy atom. The molecule has 0 spiro atoms. The quantitative estimate of drug-likeness (QED) is 0.285. The van der Waals surface area contributed by atoms with Crippen LogP contribution in [0.4, 0.5) is 5.82 Å². The average molecular weight is 511 g/mol. The number of rotatable bonds is 7. The van der Waals surface area contributed by atoms with E-state index in [0.29, 0.717) is 35.3 Å². The molecule has 4 aromatic heterocycles. The highest BCUT2D eigenvalue weighted by molar-refractivity contribution is 5.85. The topological polar surface area (TPSA) is 128 Å². The molecule has 0 saturated heterocycles. The fraction of sp³-hybridized carbons (Fsp3) is 0.0333. The number of imidazole rings is 1. The van der Waals surface area contributed by atoms with E-state index in [1.165, 1.54) is 6.20 Å². The van der Waals surface area contributed by atoms with Crippen molar-refractivity contribution in [3.8, 4) is 40.0 Å². The first kappa shape index (κ1) is 23.8. The maximum atomic E-state index is 9.00. The van der Waals surface area contributed by atoms with Gasteiger partial charge in [-0.05, 0) is 41.5 Å². The first-order chi connectivity index (χ1) is 19.2. The largest absolute Gasteiger partial charge is 0.408 e. The molecular weight excluding hydrogens is 488 g/mol. The van der Waals surface area contributed by atoms with Gasteiger partial charge in [0, 0.05) is 42.0 Å². The van der Waals surface area contributed by atoms with Gasteiger partial charge in [0.25, 0.3) is 0 Å².